The number of carbonyl (C=O) groups is 4. The molecule has 0 aliphatic carbocycles. The normalized spacial score (nSPS) is 15.6. The number of esters is 1. The fraction of sp³-hybridized carbons (Fsp3) is 0.267. The standard InChI is InChI=1S/C30H28N2O5/c33-27(31-15-13-22(14-16-31)17-21-7-3-1-4-8-21)20-37-30(36)24-11-12-25-26(18-24)29(35)32(28(25)34)19-23-9-5-2-6-10-23/h1-12,18,22H,13-17,19-20H2. The van der Waals surface area contributed by atoms with E-state index in [1.54, 1.807) is 4.90 Å². The Morgan fingerprint density at radius 1 is 0.784 bits per heavy atom. The molecule has 0 spiro atoms. The maximum Gasteiger partial charge on any atom is 0.338 e. The molecular formula is C30H28N2O5. The first kappa shape index (κ1) is 24.4. The van der Waals surface area contributed by atoms with Gasteiger partial charge < -0.3 is 9.64 Å². The van der Waals surface area contributed by atoms with Gasteiger partial charge in [0, 0.05) is 13.1 Å². The average molecular weight is 497 g/mol. The molecule has 2 heterocycles. The lowest BCUT2D eigenvalue weighted by Gasteiger charge is -2.32. The molecule has 0 radical (unpaired) electrons. The molecule has 3 aromatic rings. The molecule has 0 saturated carbocycles. The van der Waals surface area contributed by atoms with Crippen molar-refractivity contribution >= 4 is 23.7 Å². The largest absolute Gasteiger partial charge is 0.452 e. The first-order chi connectivity index (χ1) is 18.0. The summed E-state index contributed by atoms with van der Waals surface area (Å²) in [5.74, 6) is -1.24. The molecule has 0 aromatic heterocycles. The summed E-state index contributed by atoms with van der Waals surface area (Å²) in [7, 11) is 0. The summed E-state index contributed by atoms with van der Waals surface area (Å²) in [5.41, 5.74) is 2.70. The van der Waals surface area contributed by atoms with E-state index in [1.807, 2.05) is 48.5 Å². The molecule has 0 unspecified atom stereocenters. The van der Waals surface area contributed by atoms with Gasteiger partial charge in [0.1, 0.15) is 0 Å². The van der Waals surface area contributed by atoms with Crippen LogP contribution in [0.1, 0.15) is 55.0 Å². The van der Waals surface area contributed by atoms with Gasteiger partial charge in [0.05, 0.1) is 23.2 Å². The highest BCUT2D eigenvalue weighted by molar-refractivity contribution is 6.21. The summed E-state index contributed by atoms with van der Waals surface area (Å²) < 4.78 is 5.27. The number of piperidine rings is 1. The molecule has 37 heavy (non-hydrogen) atoms. The zero-order valence-electron chi connectivity index (χ0n) is 20.5. The lowest BCUT2D eigenvalue weighted by Crippen LogP contribution is -2.41. The Morgan fingerprint density at radius 3 is 2.08 bits per heavy atom. The molecule has 3 amide bonds. The number of amides is 3. The first-order valence-electron chi connectivity index (χ1n) is 12.5. The number of hydrogen-bond acceptors (Lipinski definition) is 5. The molecule has 1 saturated heterocycles. The van der Waals surface area contributed by atoms with Gasteiger partial charge in [-0.25, -0.2) is 4.79 Å². The van der Waals surface area contributed by atoms with Crippen LogP contribution in [0, 0.1) is 5.92 Å². The van der Waals surface area contributed by atoms with Crippen molar-refractivity contribution in [3.8, 4) is 0 Å². The van der Waals surface area contributed by atoms with Crippen molar-refractivity contribution in [3.63, 3.8) is 0 Å². The van der Waals surface area contributed by atoms with Gasteiger partial charge in [0.15, 0.2) is 6.61 Å². The molecule has 3 aromatic carbocycles. The molecule has 7 heteroatoms. The van der Waals surface area contributed by atoms with Crippen molar-refractivity contribution in [3.05, 3.63) is 107 Å². The molecule has 5 rings (SSSR count). The maximum atomic E-state index is 12.9. The second kappa shape index (κ2) is 10.8. The number of imide groups is 1. The summed E-state index contributed by atoms with van der Waals surface area (Å²) in [6, 6.07) is 23.9. The monoisotopic (exact) mass is 496 g/mol. The van der Waals surface area contributed by atoms with E-state index in [9.17, 15) is 19.2 Å². The predicted octanol–water partition coefficient (Wildman–Crippen LogP) is 4.12. The Kier molecular flexibility index (Phi) is 7.12. The van der Waals surface area contributed by atoms with E-state index in [1.165, 1.54) is 28.7 Å². The lowest BCUT2D eigenvalue weighted by atomic mass is 9.90. The summed E-state index contributed by atoms with van der Waals surface area (Å²) in [6.07, 6.45) is 2.82. The van der Waals surface area contributed by atoms with E-state index in [0.29, 0.717) is 19.0 Å². The Balaban J connectivity index is 1.14. The number of carbonyl (C=O) groups excluding carboxylic acids is 4. The molecule has 0 bridgehead atoms. The maximum absolute atomic E-state index is 12.9. The van der Waals surface area contributed by atoms with Gasteiger partial charge in [-0.2, -0.15) is 0 Å². The van der Waals surface area contributed by atoms with Gasteiger partial charge in [-0.3, -0.25) is 19.3 Å². The minimum Gasteiger partial charge on any atom is -0.452 e. The Hall–Kier alpha value is -4.26. The third kappa shape index (κ3) is 5.45. The van der Waals surface area contributed by atoms with Crippen molar-refractivity contribution in [2.45, 2.75) is 25.8 Å². The van der Waals surface area contributed by atoms with E-state index < -0.39 is 17.8 Å². The third-order valence-electron chi connectivity index (χ3n) is 7.05. The summed E-state index contributed by atoms with van der Waals surface area (Å²) >= 11 is 0. The number of rotatable bonds is 7. The van der Waals surface area contributed by atoms with E-state index >= 15 is 0 Å². The molecule has 188 valence electrons. The van der Waals surface area contributed by atoms with Crippen LogP contribution in [0.15, 0.2) is 78.9 Å². The van der Waals surface area contributed by atoms with Crippen LogP contribution in [0.5, 0.6) is 0 Å². The number of likely N-dealkylation sites (tertiary alicyclic amines) is 1. The number of ether oxygens (including phenoxy) is 1. The quantitative estimate of drug-likeness (QED) is 0.363. The molecule has 7 nitrogen and oxygen atoms in total. The number of nitrogens with zero attached hydrogens (tertiary/aromatic N) is 2. The Labute approximate surface area is 215 Å². The average Bonchev–Trinajstić information content (AvgIpc) is 3.17. The van der Waals surface area contributed by atoms with E-state index in [0.717, 1.165) is 24.8 Å². The summed E-state index contributed by atoms with van der Waals surface area (Å²) in [4.78, 5) is 53.8. The third-order valence-corrected chi connectivity index (χ3v) is 7.05. The topological polar surface area (TPSA) is 84.0 Å². The second-order valence-electron chi connectivity index (χ2n) is 9.53. The van der Waals surface area contributed by atoms with Gasteiger partial charge in [0.25, 0.3) is 17.7 Å². The number of fused-ring (bicyclic) bond motifs is 1. The fourth-order valence-electron chi connectivity index (χ4n) is 4.96. The minimum atomic E-state index is -0.697. The zero-order valence-corrected chi connectivity index (χ0v) is 20.5. The van der Waals surface area contributed by atoms with Crippen LogP contribution >= 0.6 is 0 Å². The molecule has 0 N–H and O–H groups in total. The van der Waals surface area contributed by atoms with Crippen molar-refractivity contribution in [1.82, 2.24) is 9.80 Å². The van der Waals surface area contributed by atoms with Crippen molar-refractivity contribution < 1.29 is 23.9 Å². The van der Waals surface area contributed by atoms with E-state index in [4.69, 9.17) is 4.74 Å². The smallest absolute Gasteiger partial charge is 0.338 e. The first-order valence-corrected chi connectivity index (χ1v) is 12.5. The van der Waals surface area contributed by atoms with Crippen LogP contribution in [0.2, 0.25) is 0 Å². The van der Waals surface area contributed by atoms with Crippen LogP contribution in [-0.2, 0) is 22.5 Å². The predicted molar refractivity (Wildman–Crippen MR) is 137 cm³/mol. The molecule has 1 fully saturated rings. The van der Waals surface area contributed by atoms with Crippen LogP contribution < -0.4 is 0 Å². The van der Waals surface area contributed by atoms with E-state index in [-0.39, 0.29) is 35.7 Å². The van der Waals surface area contributed by atoms with Gasteiger partial charge in [-0.05, 0) is 54.5 Å². The van der Waals surface area contributed by atoms with Crippen LogP contribution in [0.4, 0.5) is 0 Å². The Morgan fingerprint density at radius 2 is 1.41 bits per heavy atom. The van der Waals surface area contributed by atoms with Crippen LogP contribution in [0.3, 0.4) is 0 Å². The second-order valence-corrected chi connectivity index (χ2v) is 9.53. The van der Waals surface area contributed by atoms with Crippen LogP contribution in [-0.4, -0.2) is 53.2 Å². The molecule has 0 atom stereocenters. The van der Waals surface area contributed by atoms with Crippen molar-refractivity contribution in [1.29, 1.82) is 0 Å². The summed E-state index contributed by atoms with van der Waals surface area (Å²) in [5, 5.41) is 0. The minimum absolute atomic E-state index is 0.135. The zero-order chi connectivity index (χ0) is 25.8. The van der Waals surface area contributed by atoms with Gasteiger partial charge >= 0.3 is 5.97 Å². The Bertz CT molecular complexity index is 1310. The van der Waals surface area contributed by atoms with Gasteiger partial charge in [-0.1, -0.05) is 60.7 Å². The SMILES string of the molecule is O=C(OCC(=O)N1CCC(Cc2ccccc2)CC1)c1ccc2c(c1)C(=O)N(Cc1ccccc1)C2=O. The highest BCUT2D eigenvalue weighted by Gasteiger charge is 2.36. The number of benzene rings is 3. The fourth-order valence-corrected chi connectivity index (χ4v) is 4.96. The lowest BCUT2D eigenvalue weighted by molar-refractivity contribution is -0.135. The van der Waals surface area contributed by atoms with Gasteiger partial charge in [-0.15, -0.1) is 0 Å². The van der Waals surface area contributed by atoms with Crippen molar-refractivity contribution in [2.75, 3.05) is 19.7 Å². The summed E-state index contributed by atoms with van der Waals surface area (Å²) in [6.45, 7) is 1.08. The van der Waals surface area contributed by atoms with Gasteiger partial charge in [0.2, 0.25) is 0 Å². The molecular weight excluding hydrogens is 468 g/mol. The number of hydrogen-bond donors (Lipinski definition) is 0. The molecule has 2 aliphatic rings. The molecule has 2 aliphatic heterocycles. The highest BCUT2D eigenvalue weighted by atomic mass is 16.5. The van der Waals surface area contributed by atoms with Crippen molar-refractivity contribution in [2.24, 2.45) is 5.92 Å². The van der Waals surface area contributed by atoms with Crippen LogP contribution in [0.25, 0.3) is 0 Å². The highest BCUT2D eigenvalue weighted by Crippen LogP contribution is 2.26. The van der Waals surface area contributed by atoms with E-state index in [2.05, 4.69) is 12.1 Å².